The van der Waals surface area contributed by atoms with Crippen LogP contribution in [0.4, 0.5) is 4.79 Å². The number of Topliss-reactive ketones (excluding diaryl/α,β-unsaturated/α-hetero) is 1. The molecule has 3 amide bonds. The van der Waals surface area contributed by atoms with Gasteiger partial charge in [0.15, 0.2) is 11.3 Å². The summed E-state index contributed by atoms with van der Waals surface area (Å²) < 4.78 is 0. The second-order valence-electron chi connectivity index (χ2n) is 7.19. The lowest BCUT2D eigenvalue weighted by Crippen LogP contribution is -2.46. The number of hydrogen-bond acceptors (Lipinski definition) is 3. The average Bonchev–Trinajstić information content (AvgIpc) is 3.00. The average molecular weight is 419 g/mol. The first-order valence-corrected chi connectivity index (χ1v) is 9.90. The van der Waals surface area contributed by atoms with Gasteiger partial charge in [0.1, 0.15) is 0 Å². The molecule has 0 saturated carbocycles. The Bertz CT molecular complexity index is 1080. The normalized spacial score (nSPS) is 18.4. The monoisotopic (exact) mass is 418 g/mol. The SMILES string of the molecule is O=C(CN1C(=O)N[C@](Cc2ccccc2)(c2ccccc2)C1=O)c1ccc(Cl)cc1. The largest absolute Gasteiger partial charge is 0.325 e. The van der Waals surface area contributed by atoms with Gasteiger partial charge in [0.2, 0.25) is 0 Å². The Morgan fingerprint density at radius 1 is 0.867 bits per heavy atom. The quantitative estimate of drug-likeness (QED) is 0.481. The van der Waals surface area contributed by atoms with Gasteiger partial charge in [0, 0.05) is 17.0 Å². The summed E-state index contributed by atoms with van der Waals surface area (Å²) in [6, 6.07) is 24.4. The van der Waals surface area contributed by atoms with E-state index in [1.54, 1.807) is 24.3 Å². The summed E-state index contributed by atoms with van der Waals surface area (Å²) in [5.74, 6) is -0.774. The molecule has 1 atom stereocenters. The minimum absolute atomic E-state index is 0.286. The molecule has 3 aromatic carbocycles. The highest BCUT2D eigenvalue weighted by molar-refractivity contribution is 6.30. The van der Waals surface area contributed by atoms with Gasteiger partial charge in [-0.1, -0.05) is 72.3 Å². The van der Waals surface area contributed by atoms with Crippen molar-refractivity contribution < 1.29 is 14.4 Å². The van der Waals surface area contributed by atoms with Crippen LogP contribution in [0, 0.1) is 0 Å². The van der Waals surface area contributed by atoms with Gasteiger partial charge in [-0.15, -0.1) is 0 Å². The van der Waals surface area contributed by atoms with Gasteiger partial charge in [-0.05, 0) is 35.4 Å². The highest BCUT2D eigenvalue weighted by Gasteiger charge is 2.52. The molecule has 0 aromatic heterocycles. The Morgan fingerprint density at radius 2 is 1.47 bits per heavy atom. The maximum atomic E-state index is 13.5. The maximum Gasteiger partial charge on any atom is 0.325 e. The zero-order valence-corrected chi connectivity index (χ0v) is 16.8. The number of rotatable bonds is 6. The number of carbonyl (C=O) groups excluding carboxylic acids is 3. The Kier molecular flexibility index (Phi) is 5.38. The molecule has 4 rings (SSSR count). The van der Waals surface area contributed by atoms with Crippen molar-refractivity contribution in [2.24, 2.45) is 0 Å². The Morgan fingerprint density at radius 3 is 2.10 bits per heavy atom. The van der Waals surface area contributed by atoms with Crippen LogP contribution >= 0.6 is 11.6 Å². The third kappa shape index (κ3) is 3.72. The van der Waals surface area contributed by atoms with E-state index in [2.05, 4.69) is 5.32 Å². The molecule has 0 bridgehead atoms. The van der Waals surface area contributed by atoms with Gasteiger partial charge in [-0.2, -0.15) is 0 Å². The number of nitrogens with one attached hydrogen (secondary N) is 1. The van der Waals surface area contributed by atoms with E-state index in [-0.39, 0.29) is 18.7 Å². The number of halogens is 1. The van der Waals surface area contributed by atoms with Crippen LogP contribution in [0.5, 0.6) is 0 Å². The molecule has 150 valence electrons. The lowest BCUT2D eigenvalue weighted by atomic mass is 9.83. The fraction of sp³-hybridized carbons (Fsp3) is 0.125. The van der Waals surface area contributed by atoms with Crippen LogP contribution in [-0.4, -0.2) is 29.2 Å². The molecular weight excluding hydrogens is 400 g/mol. The standard InChI is InChI=1S/C24H19ClN2O3/c25-20-13-11-18(12-14-20)21(28)16-27-22(29)24(26-23(27)30,19-9-5-2-6-10-19)15-17-7-3-1-4-8-17/h1-14H,15-16H2,(H,26,30)/t24-/m1/s1. The third-order valence-corrected chi connectivity index (χ3v) is 5.47. The van der Waals surface area contributed by atoms with Crippen molar-refractivity contribution in [2.45, 2.75) is 12.0 Å². The van der Waals surface area contributed by atoms with Gasteiger partial charge in [-0.3, -0.25) is 14.5 Å². The minimum Gasteiger partial charge on any atom is -0.319 e. The van der Waals surface area contributed by atoms with Gasteiger partial charge in [-0.25, -0.2) is 4.79 Å². The van der Waals surface area contributed by atoms with E-state index < -0.39 is 17.5 Å². The zero-order chi connectivity index (χ0) is 21.1. The fourth-order valence-electron chi connectivity index (χ4n) is 3.68. The summed E-state index contributed by atoms with van der Waals surface area (Å²) in [4.78, 5) is 40.0. The van der Waals surface area contributed by atoms with Crippen LogP contribution in [0.1, 0.15) is 21.5 Å². The van der Waals surface area contributed by atoms with E-state index >= 15 is 0 Å². The third-order valence-electron chi connectivity index (χ3n) is 5.22. The van der Waals surface area contributed by atoms with Crippen LogP contribution in [0.3, 0.4) is 0 Å². The fourth-order valence-corrected chi connectivity index (χ4v) is 3.81. The van der Waals surface area contributed by atoms with Crippen LogP contribution in [-0.2, 0) is 16.8 Å². The first kappa shape index (κ1) is 19.9. The molecular formula is C24H19ClN2O3. The summed E-state index contributed by atoms with van der Waals surface area (Å²) in [6.07, 6.45) is 0.286. The number of benzene rings is 3. The smallest absolute Gasteiger partial charge is 0.319 e. The van der Waals surface area contributed by atoms with E-state index in [0.29, 0.717) is 16.1 Å². The summed E-state index contributed by atoms with van der Waals surface area (Å²) in [6.45, 7) is -0.338. The first-order chi connectivity index (χ1) is 14.5. The van der Waals surface area contributed by atoms with Crippen molar-refractivity contribution >= 4 is 29.3 Å². The molecule has 1 N–H and O–H groups in total. The van der Waals surface area contributed by atoms with Crippen molar-refractivity contribution in [1.82, 2.24) is 10.2 Å². The number of nitrogens with zero attached hydrogens (tertiary/aromatic N) is 1. The molecule has 0 aliphatic carbocycles. The number of ketones is 1. The number of imide groups is 1. The van der Waals surface area contributed by atoms with E-state index in [1.165, 1.54) is 0 Å². The molecule has 1 saturated heterocycles. The maximum absolute atomic E-state index is 13.5. The van der Waals surface area contributed by atoms with E-state index in [1.807, 2.05) is 60.7 Å². The molecule has 1 aliphatic heterocycles. The molecule has 1 aliphatic rings. The topological polar surface area (TPSA) is 66.5 Å². The Hall–Kier alpha value is -3.44. The van der Waals surface area contributed by atoms with E-state index in [0.717, 1.165) is 10.5 Å². The molecule has 1 fully saturated rings. The van der Waals surface area contributed by atoms with Crippen molar-refractivity contribution in [3.63, 3.8) is 0 Å². The van der Waals surface area contributed by atoms with Gasteiger partial charge in [0.05, 0.1) is 6.54 Å². The van der Waals surface area contributed by atoms with E-state index in [9.17, 15) is 14.4 Å². The summed E-state index contributed by atoms with van der Waals surface area (Å²) in [5.41, 5.74) is 0.703. The van der Waals surface area contributed by atoms with Gasteiger partial charge < -0.3 is 5.32 Å². The predicted molar refractivity (Wildman–Crippen MR) is 114 cm³/mol. The zero-order valence-electron chi connectivity index (χ0n) is 16.0. The molecule has 6 heteroatoms. The Labute approximate surface area is 179 Å². The number of carbonyl (C=O) groups is 3. The van der Waals surface area contributed by atoms with Crippen LogP contribution in [0.2, 0.25) is 5.02 Å². The second kappa shape index (κ2) is 8.13. The molecule has 5 nitrogen and oxygen atoms in total. The molecule has 30 heavy (non-hydrogen) atoms. The number of amides is 3. The number of urea groups is 1. The van der Waals surface area contributed by atoms with Crippen molar-refractivity contribution in [1.29, 1.82) is 0 Å². The molecule has 0 unspecified atom stereocenters. The van der Waals surface area contributed by atoms with Crippen molar-refractivity contribution in [3.8, 4) is 0 Å². The number of hydrogen-bond donors (Lipinski definition) is 1. The van der Waals surface area contributed by atoms with E-state index in [4.69, 9.17) is 11.6 Å². The highest BCUT2D eigenvalue weighted by atomic mass is 35.5. The van der Waals surface area contributed by atoms with Crippen LogP contribution in [0.15, 0.2) is 84.9 Å². The van der Waals surface area contributed by atoms with Gasteiger partial charge in [0.25, 0.3) is 5.91 Å². The van der Waals surface area contributed by atoms with Crippen LogP contribution < -0.4 is 5.32 Å². The summed E-state index contributed by atoms with van der Waals surface area (Å²) in [5, 5.41) is 3.37. The minimum atomic E-state index is -1.26. The molecule has 0 spiro atoms. The second-order valence-corrected chi connectivity index (χ2v) is 7.62. The summed E-state index contributed by atoms with van der Waals surface area (Å²) in [7, 11) is 0. The van der Waals surface area contributed by atoms with Crippen LogP contribution in [0.25, 0.3) is 0 Å². The molecule has 1 heterocycles. The van der Waals surface area contributed by atoms with Crippen molar-refractivity contribution in [2.75, 3.05) is 6.54 Å². The molecule has 0 radical (unpaired) electrons. The lowest BCUT2D eigenvalue weighted by molar-refractivity contribution is -0.131. The van der Waals surface area contributed by atoms with Gasteiger partial charge >= 0.3 is 6.03 Å². The predicted octanol–water partition coefficient (Wildman–Crippen LogP) is 4.21. The highest BCUT2D eigenvalue weighted by Crippen LogP contribution is 2.33. The van der Waals surface area contributed by atoms with Crippen molar-refractivity contribution in [3.05, 3.63) is 107 Å². The Balaban J connectivity index is 1.67. The molecule has 3 aromatic rings. The first-order valence-electron chi connectivity index (χ1n) is 9.52. The summed E-state index contributed by atoms with van der Waals surface area (Å²) >= 11 is 5.88. The lowest BCUT2D eigenvalue weighted by Gasteiger charge is -2.27.